The third-order valence-corrected chi connectivity index (χ3v) is 7.64. The van der Waals surface area contributed by atoms with Gasteiger partial charge in [-0.2, -0.15) is 4.31 Å². The minimum Gasteiger partial charge on any atom is -0.366 e. The zero-order valence-electron chi connectivity index (χ0n) is 15.9. The Kier molecular flexibility index (Phi) is 5.77. The molecule has 1 aromatic rings. The summed E-state index contributed by atoms with van der Waals surface area (Å²) in [5.74, 6) is 1.57. The summed E-state index contributed by atoms with van der Waals surface area (Å²) in [6.07, 6.45) is 8.11. The lowest BCUT2D eigenvalue weighted by Gasteiger charge is -2.40. The largest absolute Gasteiger partial charge is 0.366 e. The van der Waals surface area contributed by atoms with E-state index in [4.69, 9.17) is 12.2 Å². The van der Waals surface area contributed by atoms with Gasteiger partial charge in [-0.25, -0.2) is 8.42 Å². The Morgan fingerprint density at radius 1 is 1.36 bits per heavy atom. The van der Waals surface area contributed by atoms with Gasteiger partial charge in [0.1, 0.15) is 6.04 Å². The van der Waals surface area contributed by atoms with E-state index < -0.39 is 22.0 Å². The van der Waals surface area contributed by atoms with Crippen molar-refractivity contribution in [3.05, 3.63) is 29.8 Å². The van der Waals surface area contributed by atoms with Crippen molar-refractivity contribution in [1.29, 1.82) is 0 Å². The van der Waals surface area contributed by atoms with E-state index in [0.29, 0.717) is 19.4 Å². The Balaban J connectivity index is 2.10. The lowest BCUT2D eigenvalue weighted by Crippen LogP contribution is -2.54. The minimum absolute atomic E-state index is 0.00306. The number of amides is 2. The van der Waals surface area contributed by atoms with Crippen LogP contribution in [0.1, 0.15) is 43.0 Å². The number of hydrogen-bond acceptors (Lipinski definition) is 4. The topological polar surface area (TPSA) is 101 Å². The maximum atomic E-state index is 13.6. The first kappa shape index (κ1) is 20.4. The van der Waals surface area contributed by atoms with Gasteiger partial charge in [0.2, 0.25) is 21.8 Å². The molecule has 0 radical (unpaired) electrons. The molecule has 7 nitrogen and oxygen atoms in total. The monoisotopic (exact) mass is 403 g/mol. The van der Waals surface area contributed by atoms with Crippen LogP contribution in [-0.2, 0) is 14.8 Å². The minimum atomic E-state index is -3.99. The summed E-state index contributed by atoms with van der Waals surface area (Å²) in [6.45, 7) is 2.62. The van der Waals surface area contributed by atoms with Crippen LogP contribution in [0.2, 0.25) is 0 Å². The highest BCUT2D eigenvalue weighted by Gasteiger charge is 2.49. The molecule has 0 aromatic heterocycles. The molecule has 0 spiro atoms. The average Bonchev–Trinajstić information content (AvgIpc) is 2.75. The van der Waals surface area contributed by atoms with Crippen molar-refractivity contribution in [3.63, 3.8) is 0 Å². The van der Waals surface area contributed by atoms with Gasteiger partial charge in [-0.3, -0.25) is 9.59 Å². The van der Waals surface area contributed by atoms with Crippen molar-refractivity contribution < 1.29 is 18.0 Å². The first-order valence-electron chi connectivity index (χ1n) is 9.47. The van der Waals surface area contributed by atoms with Crippen molar-refractivity contribution in [3.8, 4) is 12.3 Å². The quantitative estimate of drug-likeness (QED) is 0.747. The number of carbonyl (C=O) groups excluding carboxylic acids is 2. The molecule has 28 heavy (non-hydrogen) atoms. The normalized spacial score (nSPS) is 25.8. The zero-order valence-corrected chi connectivity index (χ0v) is 16.7. The lowest BCUT2D eigenvalue weighted by atomic mass is 9.89. The molecule has 0 aliphatic carbocycles. The highest BCUT2D eigenvalue weighted by molar-refractivity contribution is 7.89. The molecule has 2 aliphatic rings. The smallest absolute Gasteiger partial charge is 0.248 e. The van der Waals surface area contributed by atoms with E-state index >= 15 is 0 Å². The van der Waals surface area contributed by atoms with Crippen molar-refractivity contribution in [2.45, 2.75) is 49.6 Å². The molecule has 150 valence electrons. The maximum Gasteiger partial charge on any atom is 0.248 e. The summed E-state index contributed by atoms with van der Waals surface area (Å²) in [6, 6.07) is 4.63. The lowest BCUT2D eigenvalue weighted by molar-refractivity contribution is -0.134. The van der Waals surface area contributed by atoms with Gasteiger partial charge < -0.3 is 10.6 Å². The van der Waals surface area contributed by atoms with E-state index in [1.165, 1.54) is 28.6 Å². The van der Waals surface area contributed by atoms with E-state index in [-0.39, 0.29) is 34.9 Å². The summed E-state index contributed by atoms with van der Waals surface area (Å²) >= 11 is 0. The molecule has 0 saturated carbocycles. The van der Waals surface area contributed by atoms with Crippen molar-refractivity contribution in [2.75, 3.05) is 13.1 Å². The Morgan fingerprint density at radius 2 is 2.11 bits per heavy atom. The number of piperidine rings is 1. The molecule has 2 fully saturated rings. The fraction of sp³-hybridized carbons (Fsp3) is 0.500. The van der Waals surface area contributed by atoms with Crippen LogP contribution in [0.5, 0.6) is 0 Å². The van der Waals surface area contributed by atoms with Gasteiger partial charge in [-0.1, -0.05) is 25.3 Å². The zero-order chi connectivity index (χ0) is 20.5. The van der Waals surface area contributed by atoms with Crippen LogP contribution in [0, 0.1) is 18.3 Å². The second kappa shape index (κ2) is 7.94. The third kappa shape index (κ3) is 3.52. The van der Waals surface area contributed by atoms with Crippen LogP contribution in [0.15, 0.2) is 29.2 Å². The van der Waals surface area contributed by atoms with E-state index in [9.17, 15) is 18.0 Å². The van der Waals surface area contributed by atoms with Gasteiger partial charge in [0.15, 0.2) is 0 Å². The number of hydrogen-bond donors (Lipinski definition) is 1. The first-order chi connectivity index (χ1) is 13.3. The molecule has 8 heteroatoms. The van der Waals surface area contributed by atoms with Crippen LogP contribution >= 0.6 is 0 Å². The number of rotatable bonds is 5. The number of fused-ring (bicyclic) bond motifs is 2. The van der Waals surface area contributed by atoms with E-state index in [1.807, 2.05) is 6.92 Å². The van der Waals surface area contributed by atoms with Gasteiger partial charge >= 0.3 is 0 Å². The maximum absolute atomic E-state index is 13.6. The predicted molar refractivity (Wildman–Crippen MR) is 105 cm³/mol. The standard InChI is InChI=1S/C20H25N3O4S/c1-3-11-22-13-14(4-2)17-9-6-10-18(20(22)25)23(17)28(26,27)16-8-5-7-15(12-16)19(21)24/h1,5,7-8,12,14,17-18H,4,6,9-11,13H2,2H3,(H2,21,24)/t14-,17?,18?/m0/s1. The third-order valence-electron chi connectivity index (χ3n) is 5.71. The van der Waals surface area contributed by atoms with Crippen LogP contribution in [0.3, 0.4) is 0 Å². The van der Waals surface area contributed by atoms with Crippen LogP contribution in [0.25, 0.3) is 0 Å². The van der Waals surface area contributed by atoms with Crippen LogP contribution < -0.4 is 5.73 Å². The van der Waals surface area contributed by atoms with E-state index in [2.05, 4.69) is 5.92 Å². The molecule has 2 heterocycles. The molecule has 3 atom stereocenters. The number of nitrogens with two attached hydrogens (primary N) is 1. The molecule has 1 aromatic carbocycles. The Morgan fingerprint density at radius 3 is 2.75 bits per heavy atom. The molecule has 3 rings (SSSR count). The van der Waals surface area contributed by atoms with Gasteiger partial charge in [0, 0.05) is 18.2 Å². The van der Waals surface area contributed by atoms with Gasteiger partial charge in [-0.15, -0.1) is 6.42 Å². The second-order valence-electron chi connectivity index (χ2n) is 7.33. The molecule has 2 unspecified atom stereocenters. The fourth-order valence-corrected chi connectivity index (χ4v) is 6.25. The summed E-state index contributed by atoms with van der Waals surface area (Å²) < 4.78 is 28.5. The molecule has 2 bridgehead atoms. The number of nitrogens with zero attached hydrogens (tertiary/aromatic N) is 2. The Labute approximate surface area is 165 Å². The fourth-order valence-electron chi connectivity index (χ4n) is 4.32. The molecular weight excluding hydrogens is 378 g/mol. The number of benzene rings is 1. The van der Waals surface area contributed by atoms with Crippen molar-refractivity contribution in [2.24, 2.45) is 11.7 Å². The van der Waals surface area contributed by atoms with Gasteiger partial charge in [0.25, 0.3) is 0 Å². The Hall–Kier alpha value is -2.37. The Bertz CT molecular complexity index is 922. The molecule has 2 N–H and O–H groups in total. The highest BCUT2D eigenvalue weighted by atomic mass is 32.2. The average molecular weight is 404 g/mol. The molecular formula is C20H25N3O4S. The van der Waals surface area contributed by atoms with E-state index in [0.717, 1.165) is 12.8 Å². The summed E-state index contributed by atoms with van der Waals surface area (Å²) in [5, 5.41) is 0. The highest BCUT2D eigenvalue weighted by Crippen LogP contribution is 2.38. The van der Waals surface area contributed by atoms with Gasteiger partial charge in [0.05, 0.1) is 11.4 Å². The van der Waals surface area contributed by atoms with E-state index in [1.54, 1.807) is 4.90 Å². The number of terminal acetylenes is 1. The summed E-state index contributed by atoms with van der Waals surface area (Å²) in [7, 11) is -3.99. The number of carbonyl (C=O) groups is 2. The van der Waals surface area contributed by atoms with Crippen molar-refractivity contribution >= 4 is 21.8 Å². The molecule has 2 aliphatic heterocycles. The SMILES string of the molecule is C#CCN1C[C@H](CC)C2CCCC(C1=O)N2S(=O)(=O)c1cccc(C(N)=O)c1. The summed E-state index contributed by atoms with van der Waals surface area (Å²) in [4.78, 5) is 26.2. The van der Waals surface area contributed by atoms with Gasteiger partial charge in [-0.05, 0) is 43.4 Å². The first-order valence-corrected chi connectivity index (χ1v) is 10.9. The van der Waals surface area contributed by atoms with Crippen LogP contribution in [-0.4, -0.2) is 54.6 Å². The predicted octanol–water partition coefficient (Wildman–Crippen LogP) is 1.20. The second-order valence-corrected chi connectivity index (χ2v) is 9.18. The van der Waals surface area contributed by atoms with Crippen LogP contribution in [0.4, 0.5) is 0 Å². The molecule has 2 saturated heterocycles. The number of sulfonamides is 1. The van der Waals surface area contributed by atoms with Crippen molar-refractivity contribution in [1.82, 2.24) is 9.21 Å². The molecule has 2 amide bonds. The number of primary amides is 1. The summed E-state index contributed by atoms with van der Waals surface area (Å²) in [5.41, 5.74) is 5.43.